The van der Waals surface area contributed by atoms with Crippen LogP contribution in [0.2, 0.25) is 0 Å². The Morgan fingerprint density at radius 3 is 2.76 bits per heavy atom. The molecule has 3 rings (SSSR count). The second-order valence-electron chi connectivity index (χ2n) is 5.64. The SMILES string of the molecule is CCn1ncc(-c2ccc(OC)cc2CNC2CC2)c1C. The summed E-state index contributed by atoms with van der Waals surface area (Å²) in [5, 5.41) is 8.06. The minimum absolute atomic E-state index is 0.698. The van der Waals surface area contributed by atoms with E-state index in [1.54, 1.807) is 7.11 Å². The number of methoxy groups -OCH3 is 1. The molecule has 0 saturated heterocycles. The molecule has 0 aliphatic heterocycles. The Labute approximate surface area is 126 Å². The standard InChI is InChI=1S/C17H23N3O/c1-4-20-12(2)17(11-19-20)16-8-7-15(21-3)9-13(16)10-18-14-5-6-14/h7-9,11,14,18H,4-6,10H2,1-3H3. The Hall–Kier alpha value is -1.81. The van der Waals surface area contributed by atoms with E-state index in [9.17, 15) is 0 Å². The van der Waals surface area contributed by atoms with Gasteiger partial charge < -0.3 is 10.1 Å². The van der Waals surface area contributed by atoms with Crippen LogP contribution < -0.4 is 10.1 Å². The molecular formula is C17H23N3O. The number of hydrogen-bond acceptors (Lipinski definition) is 3. The molecular weight excluding hydrogens is 262 g/mol. The van der Waals surface area contributed by atoms with Gasteiger partial charge in [0, 0.05) is 30.4 Å². The Morgan fingerprint density at radius 1 is 1.33 bits per heavy atom. The summed E-state index contributed by atoms with van der Waals surface area (Å²) in [5.74, 6) is 0.909. The van der Waals surface area contributed by atoms with Crippen LogP contribution in [0.4, 0.5) is 0 Å². The average Bonchev–Trinajstić information content (AvgIpc) is 3.27. The van der Waals surface area contributed by atoms with Gasteiger partial charge in [0.1, 0.15) is 5.75 Å². The Kier molecular flexibility index (Phi) is 3.97. The molecule has 0 amide bonds. The predicted molar refractivity (Wildman–Crippen MR) is 84.5 cm³/mol. The predicted octanol–water partition coefficient (Wildman–Crippen LogP) is 3.14. The highest BCUT2D eigenvalue weighted by Gasteiger charge is 2.21. The zero-order chi connectivity index (χ0) is 14.8. The van der Waals surface area contributed by atoms with Gasteiger partial charge in [-0.15, -0.1) is 0 Å². The molecule has 1 heterocycles. The third-order valence-corrected chi connectivity index (χ3v) is 4.16. The zero-order valence-electron chi connectivity index (χ0n) is 13.0. The van der Waals surface area contributed by atoms with Crippen LogP contribution in [0.1, 0.15) is 31.0 Å². The van der Waals surface area contributed by atoms with E-state index in [0.29, 0.717) is 6.04 Å². The van der Waals surface area contributed by atoms with Crippen molar-refractivity contribution >= 4 is 0 Å². The maximum absolute atomic E-state index is 5.38. The van der Waals surface area contributed by atoms with E-state index in [4.69, 9.17) is 4.74 Å². The fourth-order valence-corrected chi connectivity index (χ4v) is 2.68. The normalized spacial score (nSPS) is 14.4. The van der Waals surface area contributed by atoms with Crippen molar-refractivity contribution in [3.63, 3.8) is 0 Å². The van der Waals surface area contributed by atoms with Crippen molar-refractivity contribution < 1.29 is 4.74 Å². The molecule has 1 N–H and O–H groups in total. The molecule has 0 radical (unpaired) electrons. The Balaban J connectivity index is 1.96. The second kappa shape index (κ2) is 5.90. The van der Waals surface area contributed by atoms with Crippen molar-refractivity contribution in [2.24, 2.45) is 0 Å². The lowest BCUT2D eigenvalue weighted by Crippen LogP contribution is -2.16. The van der Waals surface area contributed by atoms with Crippen LogP contribution in [0.3, 0.4) is 0 Å². The lowest BCUT2D eigenvalue weighted by atomic mass is 10.00. The van der Waals surface area contributed by atoms with E-state index < -0.39 is 0 Å². The molecule has 0 unspecified atom stereocenters. The molecule has 1 aromatic heterocycles. The lowest BCUT2D eigenvalue weighted by Gasteiger charge is -2.12. The van der Waals surface area contributed by atoms with Gasteiger partial charge in [-0.2, -0.15) is 5.10 Å². The third-order valence-electron chi connectivity index (χ3n) is 4.16. The van der Waals surface area contributed by atoms with Crippen LogP contribution in [0, 0.1) is 6.92 Å². The zero-order valence-corrected chi connectivity index (χ0v) is 13.0. The first-order chi connectivity index (χ1) is 10.2. The molecule has 1 saturated carbocycles. The summed E-state index contributed by atoms with van der Waals surface area (Å²) in [6, 6.07) is 7.00. The van der Waals surface area contributed by atoms with E-state index >= 15 is 0 Å². The number of aromatic nitrogens is 2. The van der Waals surface area contributed by atoms with E-state index in [-0.39, 0.29) is 0 Å². The monoisotopic (exact) mass is 285 g/mol. The molecule has 0 bridgehead atoms. The quantitative estimate of drug-likeness (QED) is 0.886. The fourth-order valence-electron chi connectivity index (χ4n) is 2.68. The van der Waals surface area contributed by atoms with Gasteiger partial charge in [0.25, 0.3) is 0 Å². The maximum Gasteiger partial charge on any atom is 0.119 e. The molecule has 1 fully saturated rings. The largest absolute Gasteiger partial charge is 0.497 e. The topological polar surface area (TPSA) is 39.1 Å². The van der Waals surface area contributed by atoms with E-state index in [0.717, 1.165) is 18.8 Å². The summed E-state index contributed by atoms with van der Waals surface area (Å²) < 4.78 is 7.42. The highest BCUT2D eigenvalue weighted by atomic mass is 16.5. The first-order valence-electron chi connectivity index (χ1n) is 7.66. The molecule has 21 heavy (non-hydrogen) atoms. The first kappa shape index (κ1) is 14.1. The second-order valence-corrected chi connectivity index (χ2v) is 5.64. The average molecular weight is 285 g/mol. The highest BCUT2D eigenvalue weighted by Crippen LogP contribution is 2.30. The maximum atomic E-state index is 5.38. The summed E-state index contributed by atoms with van der Waals surface area (Å²) in [4.78, 5) is 0. The summed E-state index contributed by atoms with van der Waals surface area (Å²) in [6.07, 6.45) is 4.57. The molecule has 0 atom stereocenters. The number of nitrogens with one attached hydrogen (secondary N) is 1. The van der Waals surface area contributed by atoms with Crippen LogP contribution >= 0.6 is 0 Å². The van der Waals surface area contributed by atoms with Crippen LogP contribution in [-0.2, 0) is 13.1 Å². The molecule has 1 aliphatic rings. The molecule has 1 aliphatic carbocycles. The molecule has 1 aromatic carbocycles. The van der Waals surface area contributed by atoms with Gasteiger partial charge >= 0.3 is 0 Å². The first-order valence-corrected chi connectivity index (χ1v) is 7.66. The van der Waals surface area contributed by atoms with Gasteiger partial charge in [0.05, 0.1) is 13.3 Å². The van der Waals surface area contributed by atoms with E-state index in [1.165, 1.54) is 35.2 Å². The van der Waals surface area contributed by atoms with Crippen LogP contribution in [0.25, 0.3) is 11.1 Å². The smallest absolute Gasteiger partial charge is 0.119 e. The van der Waals surface area contributed by atoms with Gasteiger partial charge in [-0.3, -0.25) is 4.68 Å². The van der Waals surface area contributed by atoms with Gasteiger partial charge in [-0.25, -0.2) is 0 Å². The van der Waals surface area contributed by atoms with Crippen molar-refractivity contribution in [3.05, 3.63) is 35.7 Å². The minimum Gasteiger partial charge on any atom is -0.497 e. The van der Waals surface area contributed by atoms with Crippen LogP contribution in [-0.4, -0.2) is 22.9 Å². The lowest BCUT2D eigenvalue weighted by molar-refractivity contribution is 0.414. The summed E-state index contributed by atoms with van der Waals surface area (Å²) in [5.41, 5.74) is 4.96. The summed E-state index contributed by atoms with van der Waals surface area (Å²) in [6.45, 7) is 6.03. The number of aryl methyl sites for hydroxylation is 1. The number of rotatable bonds is 6. The number of hydrogen-bond donors (Lipinski definition) is 1. The molecule has 4 heteroatoms. The summed E-state index contributed by atoms with van der Waals surface area (Å²) in [7, 11) is 1.72. The van der Waals surface area contributed by atoms with Crippen molar-refractivity contribution in [3.8, 4) is 16.9 Å². The molecule has 4 nitrogen and oxygen atoms in total. The van der Waals surface area contributed by atoms with Crippen molar-refractivity contribution in [1.82, 2.24) is 15.1 Å². The van der Waals surface area contributed by atoms with Gasteiger partial charge in [0.15, 0.2) is 0 Å². The van der Waals surface area contributed by atoms with Gasteiger partial charge in [0.2, 0.25) is 0 Å². The Morgan fingerprint density at radius 2 is 2.14 bits per heavy atom. The minimum atomic E-state index is 0.698. The van der Waals surface area contributed by atoms with Crippen molar-refractivity contribution in [2.75, 3.05) is 7.11 Å². The van der Waals surface area contributed by atoms with Crippen LogP contribution in [0.5, 0.6) is 5.75 Å². The molecule has 0 spiro atoms. The highest BCUT2D eigenvalue weighted by molar-refractivity contribution is 5.70. The number of nitrogens with zero attached hydrogens (tertiary/aromatic N) is 2. The van der Waals surface area contributed by atoms with Gasteiger partial charge in [-0.1, -0.05) is 6.07 Å². The van der Waals surface area contributed by atoms with E-state index in [2.05, 4.69) is 36.4 Å². The molecule has 112 valence electrons. The van der Waals surface area contributed by atoms with Crippen molar-refractivity contribution in [1.29, 1.82) is 0 Å². The van der Waals surface area contributed by atoms with Crippen molar-refractivity contribution in [2.45, 2.75) is 45.8 Å². The Bertz CT molecular complexity index is 629. The number of benzene rings is 1. The third kappa shape index (κ3) is 2.95. The molecule has 2 aromatic rings. The van der Waals surface area contributed by atoms with E-state index in [1.807, 2.05) is 16.9 Å². The van der Waals surface area contributed by atoms with Gasteiger partial charge in [-0.05, 0) is 49.9 Å². The number of ether oxygens (including phenoxy) is 1. The summed E-state index contributed by atoms with van der Waals surface area (Å²) >= 11 is 0. The fraction of sp³-hybridized carbons (Fsp3) is 0.471. The van der Waals surface area contributed by atoms with Crippen LogP contribution in [0.15, 0.2) is 24.4 Å².